The zero-order valence-electron chi connectivity index (χ0n) is 31.3. The molecule has 0 N–H and O–H groups in total. The third kappa shape index (κ3) is 4.29. The number of para-hydroxylation sites is 8. The van der Waals surface area contributed by atoms with Crippen molar-refractivity contribution in [3.8, 4) is 16.8 Å². The highest BCUT2D eigenvalue weighted by Gasteiger charge is 2.25. The summed E-state index contributed by atoms with van der Waals surface area (Å²) in [6, 6.07) is 72.6. The zero-order valence-corrected chi connectivity index (χ0v) is 31.3. The van der Waals surface area contributed by atoms with Gasteiger partial charge in [-0.3, -0.25) is 0 Å². The van der Waals surface area contributed by atoms with Crippen molar-refractivity contribution in [3.63, 3.8) is 0 Å². The van der Waals surface area contributed by atoms with Crippen LogP contribution in [0.3, 0.4) is 0 Å². The first-order valence-electron chi connectivity index (χ1n) is 19.9. The SMILES string of the molecule is c1ccc(-n2c3ccccc3c3ccccc32)c(N(c2ccc(-c3ccc4oc5ccccc5c4c3)cc2)c2cccc3c4cccc5c6ccccc6n(c23)c54)c1. The molecule has 4 aromatic heterocycles. The number of hydrogen-bond donors (Lipinski definition) is 0. The van der Waals surface area contributed by atoms with E-state index in [1.54, 1.807) is 0 Å². The van der Waals surface area contributed by atoms with Gasteiger partial charge in [0.25, 0.3) is 0 Å². The summed E-state index contributed by atoms with van der Waals surface area (Å²) in [5.74, 6) is 0. The van der Waals surface area contributed by atoms with Gasteiger partial charge in [-0.05, 0) is 77.9 Å². The monoisotopic (exact) mass is 739 g/mol. The van der Waals surface area contributed by atoms with Crippen LogP contribution >= 0.6 is 0 Å². The van der Waals surface area contributed by atoms with E-state index in [9.17, 15) is 0 Å². The third-order valence-electron chi connectivity index (χ3n) is 12.2. The molecule has 0 aliphatic heterocycles. The minimum atomic E-state index is 0.903. The topological polar surface area (TPSA) is 25.7 Å². The van der Waals surface area contributed by atoms with Crippen LogP contribution in [0.25, 0.3) is 98.7 Å². The van der Waals surface area contributed by atoms with Gasteiger partial charge in [-0.25, -0.2) is 0 Å². The average molecular weight is 740 g/mol. The number of furan rings is 1. The van der Waals surface area contributed by atoms with Crippen molar-refractivity contribution in [2.45, 2.75) is 0 Å². The summed E-state index contributed by atoms with van der Waals surface area (Å²) >= 11 is 0. The number of anilines is 3. The lowest BCUT2D eigenvalue weighted by Crippen LogP contribution is -2.14. The van der Waals surface area contributed by atoms with Crippen molar-refractivity contribution < 1.29 is 4.42 Å². The molecule has 0 amide bonds. The van der Waals surface area contributed by atoms with E-state index in [0.29, 0.717) is 0 Å². The van der Waals surface area contributed by atoms with E-state index < -0.39 is 0 Å². The molecule has 0 aliphatic rings. The predicted octanol–water partition coefficient (Wildman–Crippen LogP) is 15.0. The van der Waals surface area contributed by atoms with Gasteiger partial charge in [0.2, 0.25) is 0 Å². The second kappa shape index (κ2) is 11.8. The van der Waals surface area contributed by atoms with E-state index in [4.69, 9.17) is 4.42 Å². The summed E-state index contributed by atoms with van der Waals surface area (Å²) in [5.41, 5.74) is 14.5. The van der Waals surface area contributed by atoms with Gasteiger partial charge in [0.1, 0.15) is 11.2 Å². The van der Waals surface area contributed by atoms with Crippen LogP contribution < -0.4 is 4.90 Å². The van der Waals surface area contributed by atoms with E-state index in [-0.39, 0.29) is 0 Å². The Labute approximate surface area is 333 Å². The second-order valence-electron chi connectivity index (χ2n) is 15.3. The molecular weight excluding hydrogens is 707 g/mol. The highest BCUT2D eigenvalue weighted by molar-refractivity contribution is 6.25. The molecule has 0 saturated carbocycles. The molecule has 0 saturated heterocycles. The van der Waals surface area contributed by atoms with Crippen molar-refractivity contribution in [3.05, 3.63) is 200 Å². The van der Waals surface area contributed by atoms with Crippen LogP contribution in [0.4, 0.5) is 17.1 Å². The van der Waals surface area contributed by atoms with Crippen LogP contribution in [0.2, 0.25) is 0 Å². The molecule has 58 heavy (non-hydrogen) atoms. The van der Waals surface area contributed by atoms with Crippen LogP contribution in [0, 0.1) is 0 Å². The predicted molar refractivity (Wildman–Crippen MR) is 243 cm³/mol. The molecule has 0 bridgehead atoms. The molecule has 13 rings (SSSR count). The van der Waals surface area contributed by atoms with Crippen LogP contribution in [0.15, 0.2) is 205 Å². The minimum absolute atomic E-state index is 0.903. The Hall–Kier alpha value is -7.82. The largest absolute Gasteiger partial charge is 0.456 e. The summed E-state index contributed by atoms with van der Waals surface area (Å²) in [7, 11) is 0. The summed E-state index contributed by atoms with van der Waals surface area (Å²) in [4.78, 5) is 2.47. The van der Waals surface area contributed by atoms with Gasteiger partial charge in [-0.15, -0.1) is 0 Å². The lowest BCUT2D eigenvalue weighted by atomic mass is 10.0. The molecule has 0 radical (unpaired) electrons. The summed E-state index contributed by atoms with van der Waals surface area (Å²) < 4.78 is 11.1. The second-order valence-corrected chi connectivity index (χ2v) is 15.3. The molecule has 0 aliphatic carbocycles. The average Bonchev–Trinajstić information content (AvgIpc) is 4.03. The van der Waals surface area contributed by atoms with Gasteiger partial charge in [0.15, 0.2) is 0 Å². The molecule has 0 fully saturated rings. The maximum absolute atomic E-state index is 6.18. The normalized spacial score (nSPS) is 12.1. The van der Waals surface area contributed by atoms with Crippen molar-refractivity contribution in [1.82, 2.24) is 8.97 Å². The fraction of sp³-hybridized carbons (Fsp3) is 0. The molecule has 270 valence electrons. The first-order valence-corrected chi connectivity index (χ1v) is 19.9. The van der Waals surface area contributed by atoms with E-state index in [2.05, 4.69) is 202 Å². The number of nitrogens with zero attached hydrogens (tertiary/aromatic N) is 3. The summed E-state index contributed by atoms with van der Waals surface area (Å²) in [6.45, 7) is 0. The Morgan fingerprint density at radius 3 is 1.62 bits per heavy atom. The van der Waals surface area contributed by atoms with E-state index in [1.165, 1.54) is 59.9 Å². The molecule has 0 unspecified atom stereocenters. The van der Waals surface area contributed by atoms with E-state index >= 15 is 0 Å². The summed E-state index contributed by atoms with van der Waals surface area (Å²) in [6.07, 6.45) is 0. The lowest BCUT2D eigenvalue weighted by Gasteiger charge is -2.29. The van der Waals surface area contributed by atoms with Gasteiger partial charge < -0.3 is 18.3 Å². The Balaban J connectivity index is 1.09. The Morgan fingerprint density at radius 1 is 0.345 bits per heavy atom. The first kappa shape index (κ1) is 31.4. The van der Waals surface area contributed by atoms with E-state index in [0.717, 1.165) is 55.8 Å². The zero-order chi connectivity index (χ0) is 37.9. The Bertz CT molecular complexity index is 3700. The van der Waals surface area contributed by atoms with Gasteiger partial charge in [-0.1, -0.05) is 133 Å². The van der Waals surface area contributed by atoms with Crippen LogP contribution in [-0.4, -0.2) is 8.97 Å². The molecule has 0 spiro atoms. The van der Waals surface area contributed by atoms with Crippen molar-refractivity contribution in [2.24, 2.45) is 0 Å². The van der Waals surface area contributed by atoms with Crippen LogP contribution in [-0.2, 0) is 0 Å². The number of benzene rings is 9. The molecule has 4 heteroatoms. The molecule has 13 aromatic rings. The fourth-order valence-electron chi connectivity index (χ4n) is 9.77. The number of aromatic nitrogens is 2. The quantitative estimate of drug-likeness (QED) is 0.176. The van der Waals surface area contributed by atoms with Crippen LogP contribution in [0.5, 0.6) is 0 Å². The standard InChI is InChI=1S/C54H33N3O/c1-5-20-45-37(13-1)38-14-2-6-21-46(38)56(45)49-24-9-8-23-48(49)55(36-30-27-34(28-31-36)35-29-32-52-44(33-35)40-16-4-10-26-51(40)58-52)50-25-12-19-43-42-18-11-17-41-39-15-3-7-22-47(39)57(53(41)42)54(43)50/h1-33H. The van der Waals surface area contributed by atoms with Crippen molar-refractivity contribution >= 4 is 98.9 Å². The third-order valence-corrected chi connectivity index (χ3v) is 12.2. The van der Waals surface area contributed by atoms with E-state index in [1.807, 2.05) is 12.1 Å². The number of rotatable bonds is 5. The molecule has 0 atom stereocenters. The summed E-state index contributed by atoms with van der Waals surface area (Å²) in [5, 5.41) is 9.78. The maximum Gasteiger partial charge on any atom is 0.135 e. The smallest absolute Gasteiger partial charge is 0.135 e. The van der Waals surface area contributed by atoms with Gasteiger partial charge in [0, 0.05) is 48.8 Å². The number of hydrogen-bond acceptors (Lipinski definition) is 2. The Kier molecular flexibility index (Phi) is 6.41. The molecule has 9 aromatic carbocycles. The lowest BCUT2D eigenvalue weighted by molar-refractivity contribution is 0.669. The molecule has 4 nitrogen and oxygen atoms in total. The molecule has 4 heterocycles. The van der Waals surface area contributed by atoms with Crippen molar-refractivity contribution in [2.75, 3.05) is 4.90 Å². The molecular formula is C54H33N3O. The first-order chi connectivity index (χ1) is 28.8. The van der Waals surface area contributed by atoms with Crippen LogP contribution in [0.1, 0.15) is 0 Å². The number of fused-ring (bicyclic) bond motifs is 12. The Morgan fingerprint density at radius 2 is 0.862 bits per heavy atom. The minimum Gasteiger partial charge on any atom is -0.456 e. The van der Waals surface area contributed by atoms with Gasteiger partial charge in [-0.2, -0.15) is 0 Å². The van der Waals surface area contributed by atoms with Crippen molar-refractivity contribution in [1.29, 1.82) is 0 Å². The fourth-order valence-corrected chi connectivity index (χ4v) is 9.77. The highest BCUT2D eigenvalue weighted by atomic mass is 16.3. The maximum atomic E-state index is 6.18. The van der Waals surface area contributed by atoms with Gasteiger partial charge in [0.05, 0.1) is 44.6 Å². The highest BCUT2D eigenvalue weighted by Crippen LogP contribution is 2.48. The van der Waals surface area contributed by atoms with Gasteiger partial charge >= 0.3 is 0 Å².